The van der Waals surface area contributed by atoms with Crippen LogP contribution in [-0.2, 0) is 11.2 Å². The fraction of sp³-hybridized carbons (Fsp3) is 0.562. The van der Waals surface area contributed by atoms with Crippen molar-refractivity contribution in [3.8, 4) is 0 Å². The number of nitrogens with zero attached hydrogens (tertiary/aromatic N) is 1. The molecule has 0 amide bonds. The molecule has 0 saturated carbocycles. The van der Waals surface area contributed by atoms with Gasteiger partial charge in [-0.15, -0.1) is 0 Å². The van der Waals surface area contributed by atoms with E-state index in [0.717, 1.165) is 31.2 Å². The fourth-order valence-electron chi connectivity index (χ4n) is 4.05. The minimum absolute atomic E-state index is 0.188. The number of rotatable bonds is 4. The van der Waals surface area contributed by atoms with Crippen molar-refractivity contribution in [2.45, 2.75) is 50.7 Å². The molecule has 2 aliphatic rings. The van der Waals surface area contributed by atoms with Gasteiger partial charge in [0.15, 0.2) is 0 Å². The molecule has 1 aromatic rings. The summed E-state index contributed by atoms with van der Waals surface area (Å²) in [5.41, 5.74) is 1.11. The molecule has 108 valence electrons. The average molecular weight is 277 g/mol. The van der Waals surface area contributed by atoms with Crippen molar-refractivity contribution < 1.29 is 14.3 Å². The van der Waals surface area contributed by atoms with Gasteiger partial charge in [0.2, 0.25) is 0 Å². The number of hydrogen-bond donors (Lipinski definition) is 1. The lowest BCUT2D eigenvalue weighted by Crippen LogP contribution is -2.40. The average Bonchev–Trinajstić information content (AvgIpc) is 2.99. The molecule has 1 aromatic carbocycles. The second-order valence-corrected chi connectivity index (χ2v) is 6.11. The van der Waals surface area contributed by atoms with Crippen LogP contribution in [0.2, 0.25) is 0 Å². The Hall–Kier alpha value is -1.42. The molecule has 1 N–H and O–H groups in total. The van der Waals surface area contributed by atoms with E-state index in [0.29, 0.717) is 12.1 Å². The maximum absolute atomic E-state index is 12.9. The van der Waals surface area contributed by atoms with Crippen molar-refractivity contribution in [2.24, 2.45) is 5.92 Å². The van der Waals surface area contributed by atoms with Crippen LogP contribution in [0.15, 0.2) is 24.3 Å². The number of aliphatic carboxylic acids is 1. The molecule has 4 unspecified atom stereocenters. The lowest BCUT2D eigenvalue weighted by Gasteiger charge is -2.30. The first kappa shape index (κ1) is 13.6. The number of carbonyl (C=O) groups is 1. The van der Waals surface area contributed by atoms with Crippen molar-refractivity contribution in [3.63, 3.8) is 0 Å². The summed E-state index contributed by atoms with van der Waals surface area (Å²) in [5.74, 6) is -1.07. The van der Waals surface area contributed by atoms with Gasteiger partial charge in [-0.25, -0.2) is 4.39 Å². The Morgan fingerprint density at radius 1 is 1.40 bits per heavy atom. The Balaban J connectivity index is 1.70. The maximum atomic E-state index is 12.9. The highest BCUT2D eigenvalue weighted by Crippen LogP contribution is 2.43. The van der Waals surface area contributed by atoms with E-state index in [1.807, 2.05) is 12.1 Å². The van der Waals surface area contributed by atoms with E-state index < -0.39 is 5.97 Å². The van der Waals surface area contributed by atoms with E-state index in [9.17, 15) is 14.3 Å². The van der Waals surface area contributed by atoms with Crippen LogP contribution in [0.25, 0.3) is 0 Å². The molecule has 2 aliphatic heterocycles. The number of halogens is 1. The molecular formula is C16H20FNO2. The van der Waals surface area contributed by atoms with Crippen LogP contribution in [0.5, 0.6) is 0 Å². The molecule has 4 atom stereocenters. The maximum Gasteiger partial charge on any atom is 0.308 e. The summed E-state index contributed by atoms with van der Waals surface area (Å²) in [4.78, 5) is 13.7. The van der Waals surface area contributed by atoms with E-state index in [1.54, 1.807) is 0 Å². The van der Waals surface area contributed by atoms with Crippen LogP contribution in [0, 0.1) is 11.7 Å². The third-order valence-electron chi connectivity index (χ3n) is 4.86. The van der Waals surface area contributed by atoms with Gasteiger partial charge in [-0.2, -0.15) is 0 Å². The highest BCUT2D eigenvalue weighted by atomic mass is 19.1. The van der Waals surface area contributed by atoms with E-state index in [4.69, 9.17) is 0 Å². The number of benzene rings is 1. The predicted octanol–water partition coefficient (Wildman–Crippen LogP) is 2.69. The van der Waals surface area contributed by atoms with Crippen molar-refractivity contribution in [3.05, 3.63) is 35.6 Å². The van der Waals surface area contributed by atoms with Gasteiger partial charge in [0.05, 0.1) is 5.92 Å². The molecule has 3 rings (SSSR count). The summed E-state index contributed by atoms with van der Waals surface area (Å²) in [7, 11) is 0. The monoisotopic (exact) mass is 277 g/mol. The Labute approximate surface area is 118 Å². The van der Waals surface area contributed by atoms with Gasteiger partial charge in [0, 0.05) is 18.1 Å². The van der Waals surface area contributed by atoms with Gasteiger partial charge in [-0.1, -0.05) is 12.1 Å². The molecule has 3 nitrogen and oxygen atoms in total. The fourth-order valence-corrected chi connectivity index (χ4v) is 4.05. The van der Waals surface area contributed by atoms with Crippen molar-refractivity contribution in [1.82, 2.24) is 4.90 Å². The zero-order valence-corrected chi connectivity index (χ0v) is 11.6. The van der Waals surface area contributed by atoms with E-state index >= 15 is 0 Å². The van der Waals surface area contributed by atoms with Gasteiger partial charge in [0.1, 0.15) is 5.82 Å². The molecule has 2 heterocycles. The topological polar surface area (TPSA) is 40.5 Å². The summed E-state index contributed by atoms with van der Waals surface area (Å²) in [6.07, 6.45) is 3.74. The molecular weight excluding hydrogens is 257 g/mol. The first-order valence-corrected chi connectivity index (χ1v) is 7.31. The standard InChI is InChI=1S/C16H20FNO2/c1-10(8-11-2-4-12(17)5-3-11)18-13-6-7-15(18)14(9-13)16(19)20/h2-5,10,13-15H,6-9H2,1H3,(H,19,20). The number of fused-ring (bicyclic) bond motifs is 2. The van der Waals surface area contributed by atoms with Gasteiger partial charge in [0.25, 0.3) is 0 Å². The van der Waals surface area contributed by atoms with Crippen LogP contribution < -0.4 is 0 Å². The van der Waals surface area contributed by atoms with Gasteiger partial charge in [-0.05, 0) is 50.3 Å². The van der Waals surface area contributed by atoms with Crippen LogP contribution in [0.3, 0.4) is 0 Å². The molecule has 0 radical (unpaired) electrons. The molecule has 0 aliphatic carbocycles. The minimum Gasteiger partial charge on any atom is -0.481 e. The summed E-state index contributed by atoms with van der Waals surface area (Å²) < 4.78 is 12.9. The van der Waals surface area contributed by atoms with Gasteiger partial charge in [-0.3, -0.25) is 9.69 Å². The Morgan fingerprint density at radius 3 is 2.70 bits per heavy atom. The third kappa shape index (κ3) is 2.33. The van der Waals surface area contributed by atoms with E-state index in [-0.39, 0.29) is 17.8 Å². The first-order chi connectivity index (χ1) is 9.56. The summed E-state index contributed by atoms with van der Waals surface area (Å²) in [6, 6.07) is 7.52. The highest BCUT2D eigenvalue weighted by molar-refractivity contribution is 5.71. The normalized spacial score (nSPS) is 30.6. The SMILES string of the molecule is CC(Cc1ccc(F)cc1)N1C2CCC1C(C(=O)O)C2. The van der Waals surface area contributed by atoms with Crippen molar-refractivity contribution in [1.29, 1.82) is 0 Å². The van der Waals surface area contributed by atoms with Crippen LogP contribution in [-0.4, -0.2) is 34.1 Å². The third-order valence-corrected chi connectivity index (χ3v) is 4.86. The Morgan fingerprint density at radius 2 is 2.10 bits per heavy atom. The lowest BCUT2D eigenvalue weighted by molar-refractivity contribution is -0.142. The number of carboxylic acid groups (broad SMARTS) is 1. The lowest BCUT2D eigenvalue weighted by atomic mass is 9.89. The van der Waals surface area contributed by atoms with Gasteiger partial charge >= 0.3 is 5.97 Å². The largest absolute Gasteiger partial charge is 0.481 e. The number of hydrogen-bond acceptors (Lipinski definition) is 2. The Bertz CT molecular complexity index is 502. The van der Waals surface area contributed by atoms with Crippen LogP contribution in [0.1, 0.15) is 31.7 Å². The highest BCUT2D eigenvalue weighted by Gasteiger charge is 2.50. The molecule has 2 saturated heterocycles. The molecule has 2 fully saturated rings. The van der Waals surface area contributed by atoms with Crippen molar-refractivity contribution >= 4 is 5.97 Å². The molecule has 4 heteroatoms. The molecule has 0 spiro atoms. The van der Waals surface area contributed by atoms with Crippen molar-refractivity contribution in [2.75, 3.05) is 0 Å². The minimum atomic E-state index is -0.656. The summed E-state index contributed by atoms with van der Waals surface area (Å²) in [5, 5.41) is 9.29. The number of carboxylic acids is 1. The second kappa shape index (κ2) is 5.17. The smallest absolute Gasteiger partial charge is 0.308 e. The van der Waals surface area contributed by atoms with Crippen LogP contribution >= 0.6 is 0 Å². The van der Waals surface area contributed by atoms with E-state index in [2.05, 4.69) is 11.8 Å². The first-order valence-electron chi connectivity index (χ1n) is 7.31. The molecule has 20 heavy (non-hydrogen) atoms. The second-order valence-electron chi connectivity index (χ2n) is 6.11. The zero-order valence-electron chi connectivity index (χ0n) is 11.6. The van der Waals surface area contributed by atoms with Crippen LogP contribution in [0.4, 0.5) is 4.39 Å². The summed E-state index contributed by atoms with van der Waals surface area (Å²) in [6.45, 7) is 2.15. The predicted molar refractivity (Wildman–Crippen MR) is 74.0 cm³/mol. The quantitative estimate of drug-likeness (QED) is 0.920. The molecule has 2 bridgehead atoms. The van der Waals surface area contributed by atoms with Gasteiger partial charge < -0.3 is 5.11 Å². The molecule has 0 aromatic heterocycles. The Kier molecular flexibility index (Phi) is 3.50. The zero-order chi connectivity index (χ0) is 14.3. The van der Waals surface area contributed by atoms with E-state index in [1.165, 1.54) is 12.1 Å². The summed E-state index contributed by atoms with van der Waals surface area (Å²) >= 11 is 0.